The highest BCUT2D eigenvalue weighted by atomic mass is 16.6. The standard InChI is InChI=1S/C38H53NO5/c1-34(2)22-26(23-35(3,4)39(34)8)43-32(41)27-11-9-10-12-28(27)33(42)44-38(7)20-17-31-29-14-13-24-21-25(40)15-18-36(24,5)30(29)16-19-37(31,38)6/h9-12,21,26,29-31H,13-20,22-23H2,1-8H3/t29?,30-,31-,36-,37-,38?/m0/s1. The van der Waals surface area contributed by atoms with Gasteiger partial charge in [-0.3, -0.25) is 9.69 Å². The molecule has 6 atom stereocenters. The lowest BCUT2D eigenvalue weighted by molar-refractivity contribution is -0.127. The molecule has 0 radical (unpaired) electrons. The Kier molecular flexibility index (Phi) is 7.55. The fourth-order valence-electron chi connectivity index (χ4n) is 10.6. The first-order valence-corrected chi connectivity index (χ1v) is 17.0. The van der Waals surface area contributed by atoms with Crippen LogP contribution in [0, 0.1) is 28.6 Å². The van der Waals surface area contributed by atoms with Crippen molar-refractivity contribution < 1.29 is 23.9 Å². The van der Waals surface area contributed by atoms with Gasteiger partial charge in [-0.05, 0) is 128 Å². The molecular weight excluding hydrogens is 550 g/mol. The largest absolute Gasteiger partial charge is 0.459 e. The van der Waals surface area contributed by atoms with Crippen LogP contribution < -0.4 is 0 Å². The van der Waals surface area contributed by atoms with Crippen LogP contribution in [-0.2, 0) is 14.3 Å². The van der Waals surface area contributed by atoms with Gasteiger partial charge >= 0.3 is 11.9 Å². The van der Waals surface area contributed by atoms with E-state index in [0.717, 1.165) is 57.8 Å². The van der Waals surface area contributed by atoms with Crippen LogP contribution in [0.3, 0.4) is 0 Å². The number of hydrogen-bond donors (Lipinski definition) is 0. The molecule has 0 amide bonds. The molecule has 5 aliphatic rings. The van der Waals surface area contributed by atoms with E-state index in [1.807, 2.05) is 6.08 Å². The summed E-state index contributed by atoms with van der Waals surface area (Å²) in [5, 5.41) is 0. The van der Waals surface area contributed by atoms with E-state index in [1.54, 1.807) is 24.3 Å². The number of hydrogen-bond acceptors (Lipinski definition) is 6. The normalized spacial score (nSPS) is 38.1. The Bertz CT molecular complexity index is 1370. The average Bonchev–Trinajstić information content (AvgIpc) is 3.21. The van der Waals surface area contributed by atoms with Crippen LogP contribution in [-0.4, -0.2) is 52.5 Å². The van der Waals surface area contributed by atoms with E-state index >= 15 is 0 Å². The Balaban J connectivity index is 1.19. The lowest BCUT2D eigenvalue weighted by Crippen LogP contribution is -2.60. The first-order chi connectivity index (χ1) is 20.5. The molecule has 4 fully saturated rings. The molecule has 0 spiro atoms. The third kappa shape index (κ3) is 4.89. The number of ether oxygens (including phenoxy) is 2. The maximum Gasteiger partial charge on any atom is 0.339 e. The molecule has 1 saturated heterocycles. The molecule has 6 rings (SSSR count). The van der Waals surface area contributed by atoms with E-state index in [-0.39, 0.29) is 39.1 Å². The van der Waals surface area contributed by atoms with E-state index in [1.165, 1.54) is 5.57 Å². The summed E-state index contributed by atoms with van der Waals surface area (Å²) in [6.07, 6.45) is 10.9. The third-order valence-corrected chi connectivity index (χ3v) is 13.7. The van der Waals surface area contributed by atoms with Crippen molar-refractivity contribution in [3.05, 3.63) is 47.0 Å². The SMILES string of the molecule is CN1C(C)(C)CC(OC(=O)c2ccccc2C(=O)OC2(C)CC[C@H]3C4CCC5=CC(=O)CC[C@]5(C)[C@H]4CC[C@@]32C)CC1(C)C. The van der Waals surface area contributed by atoms with E-state index in [9.17, 15) is 14.4 Å². The number of nitrogens with zero attached hydrogens (tertiary/aromatic N) is 1. The van der Waals surface area contributed by atoms with Gasteiger partial charge < -0.3 is 9.47 Å². The summed E-state index contributed by atoms with van der Waals surface area (Å²) in [5.41, 5.74) is 1.09. The number of carbonyl (C=O) groups is 3. The first-order valence-electron chi connectivity index (χ1n) is 17.0. The molecule has 2 unspecified atom stereocenters. The van der Waals surface area contributed by atoms with Crippen LogP contribution in [0.5, 0.6) is 0 Å². The molecule has 6 heteroatoms. The van der Waals surface area contributed by atoms with Crippen molar-refractivity contribution in [2.24, 2.45) is 28.6 Å². The highest BCUT2D eigenvalue weighted by Gasteiger charge is 2.64. The fourth-order valence-corrected chi connectivity index (χ4v) is 10.6. The molecule has 3 saturated carbocycles. The van der Waals surface area contributed by atoms with Gasteiger partial charge in [0.25, 0.3) is 0 Å². The van der Waals surface area contributed by atoms with Crippen LogP contribution in [0.2, 0.25) is 0 Å². The lowest BCUT2D eigenvalue weighted by atomic mass is 9.46. The van der Waals surface area contributed by atoms with E-state index in [0.29, 0.717) is 30.0 Å². The highest BCUT2D eigenvalue weighted by molar-refractivity contribution is 6.03. The van der Waals surface area contributed by atoms with Crippen molar-refractivity contribution in [3.63, 3.8) is 0 Å². The molecular formula is C38H53NO5. The van der Waals surface area contributed by atoms with Gasteiger partial charge in [0.2, 0.25) is 0 Å². The highest BCUT2D eigenvalue weighted by Crippen LogP contribution is 2.68. The molecule has 1 aromatic rings. The fraction of sp³-hybridized carbons (Fsp3) is 0.711. The minimum absolute atomic E-state index is 0.116. The van der Waals surface area contributed by atoms with Crippen LogP contribution in [0.4, 0.5) is 0 Å². The zero-order chi connectivity index (χ0) is 31.9. The number of ketones is 1. The molecule has 240 valence electrons. The smallest absolute Gasteiger partial charge is 0.339 e. The number of benzene rings is 1. The predicted molar refractivity (Wildman–Crippen MR) is 171 cm³/mol. The van der Waals surface area contributed by atoms with Gasteiger partial charge in [0.05, 0.1) is 11.1 Å². The van der Waals surface area contributed by atoms with Gasteiger partial charge in [-0.1, -0.05) is 31.6 Å². The Morgan fingerprint density at radius 2 is 1.41 bits per heavy atom. The Hall–Kier alpha value is -2.47. The predicted octanol–water partition coefficient (Wildman–Crippen LogP) is 7.94. The quantitative estimate of drug-likeness (QED) is 0.325. The second-order valence-corrected chi connectivity index (χ2v) is 16.7. The van der Waals surface area contributed by atoms with Crippen LogP contribution in [0.1, 0.15) is 133 Å². The monoisotopic (exact) mass is 603 g/mol. The summed E-state index contributed by atoms with van der Waals surface area (Å²) >= 11 is 0. The number of likely N-dealkylation sites (tertiary alicyclic amines) is 1. The summed E-state index contributed by atoms with van der Waals surface area (Å²) < 4.78 is 12.6. The zero-order valence-electron chi connectivity index (χ0n) is 28.3. The van der Waals surface area contributed by atoms with Crippen molar-refractivity contribution in [2.45, 2.75) is 135 Å². The maximum atomic E-state index is 14.0. The number of allylic oxidation sites excluding steroid dienone is 1. The summed E-state index contributed by atoms with van der Waals surface area (Å²) in [4.78, 5) is 42.2. The number of carbonyl (C=O) groups excluding carboxylic acids is 3. The van der Waals surface area contributed by atoms with Crippen LogP contribution in [0.25, 0.3) is 0 Å². The topological polar surface area (TPSA) is 72.9 Å². The molecule has 0 bridgehead atoms. The molecule has 1 aliphatic heterocycles. The summed E-state index contributed by atoms with van der Waals surface area (Å²) in [5.74, 6) is 1.04. The first kappa shape index (κ1) is 31.5. The molecule has 6 nitrogen and oxygen atoms in total. The molecule has 1 aromatic carbocycles. The Labute approximate surface area is 264 Å². The van der Waals surface area contributed by atoms with Crippen LogP contribution >= 0.6 is 0 Å². The second kappa shape index (κ2) is 10.5. The zero-order valence-corrected chi connectivity index (χ0v) is 28.3. The van der Waals surface area contributed by atoms with E-state index < -0.39 is 17.5 Å². The summed E-state index contributed by atoms with van der Waals surface area (Å²) in [6, 6.07) is 6.98. The Morgan fingerprint density at radius 1 is 0.795 bits per heavy atom. The molecule has 1 heterocycles. The summed E-state index contributed by atoms with van der Waals surface area (Å²) in [7, 11) is 2.13. The van der Waals surface area contributed by atoms with Gasteiger partial charge in [-0.15, -0.1) is 0 Å². The maximum absolute atomic E-state index is 14.0. The lowest BCUT2D eigenvalue weighted by Gasteiger charge is -2.59. The van der Waals surface area contributed by atoms with Crippen molar-refractivity contribution >= 4 is 17.7 Å². The minimum atomic E-state index is -0.613. The summed E-state index contributed by atoms with van der Waals surface area (Å²) in [6.45, 7) is 15.6. The van der Waals surface area contributed by atoms with Crippen molar-refractivity contribution in [1.82, 2.24) is 4.90 Å². The number of rotatable bonds is 4. The number of fused-ring (bicyclic) bond motifs is 5. The molecule has 0 N–H and O–H groups in total. The van der Waals surface area contributed by atoms with Gasteiger partial charge in [-0.2, -0.15) is 0 Å². The van der Waals surface area contributed by atoms with Gasteiger partial charge in [-0.25, -0.2) is 9.59 Å². The van der Waals surface area contributed by atoms with E-state index in [2.05, 4.69) is 60.4 Å². The van der Waals surface area contributed by atoms with Gasteiger partial charge in [0, 0.05) is 35.8 Å². The minimum Gasteiger partial charge on any atom is -0.459 e. The van der Waals surface area contributed by atoms with E-state index in [4.69, 9.17) is 9.47 Å². The second-order valence-electron chi connectivity index (χ2n) is 16.7. The van der Waals surface area contributed by atoms with Gasteiger partial charge in [0.1, 0.15) is 11.7 Å². The van der Waals surface area contributed by atoms with Crippen molar-refractivity contribution in [1.29, 1.82) is 0 Å². The van der Waals surface area contributed by atoms with Crippen molar-refractivity contribution in [3.8, 4) is 0 Å². The number of piperidine rings is 1. The van der Waals surface area contributed by atoms with Gasteiger partial charge in [0.15, 0.2) is 5.78 Å². The third-order valence-electron chi connectivity index (χ3n) is 13.7. The average molecular weight is 604 g/mol. The molecule has 44 heavy (non-hydrogen) atoms. The molecule has 0 aromatic heterocycles. The van der Waals surface area contributed by atoms with Crippen LogP contribution in [0.15, 0.2) is 35.9 Å². The van der Waals surface area contributed by atoms with Crippen molar-refractivity contribution in [2.75, 3.05) is 7.05 Å². The Morgan fingerprint density at radius 3 is 2.07 bits per heavy atom. The molecule has 4 aliphatic carbocycles. The number of esters is 2.